The molecule has 0 spiro atoms. The lowest BCUT2D eigenvalue weighted by atomic mass is 10.2. The highest BCUT2D eigenvalue weighted by Gasteiger charge is 2.08. The summed E-state index contributed by atoms with van der Waals surface area (Å²) in [5.74, 6) is 0.563. The number of aromatic amines is 1. The summed E-state index contributed by atoms with van der Waals surface area (Å²) >= 11 is 3.36. The lowest BCUT2D eigenvalue weighted by Crippen LogP contribution is -2.15. The maximum atomic E-state index is 11.9. The van der Waals surface area contributed by atoms with Crippen LogP contribution < -0.4 is 5.69 Å². The van der Waals surface area contributed by atoms with Crippen LogP contribution in [0.1, 0.15) is 0 Å². The summed E-state index contributed by atoms with van der Waals surface area (Å²) in [6.45, 7) is 0. The molecule has 1 N–H and O–H groups in total. The van der Waals surface area contributed by atoms with Gasteiger partial charge in [-0.15, -0.1) is 5.10 Å². The molecule has 0 aliphatic heterocycles. The van der Waals surface area contributed by atoms with E-state index in [1.807, 2.05) is 54.6 Å². The molecule has 0 saturated heterocycles. The fourth-order valence-corrected chi connectivity index (χ4v) is 2.07. The monoisotopic (exact) mass is 315 g/mol. The summed E-state index contributed by atoms with van der Waals surface area (Å²) in [5.41, 5.74) is 1.36. The Morgan fingerprint density at radius 1 is 1.00 bits per heavy atom. The smallest absolute Gasteiger partial charge is 0.288 e. The Morgan fingerprint density at radius 3 is 2.37 bits per heavy atom. The van der Waals surface area contributed by atoms with Gasteiger partial charge in [0.25, 0.3) is 0 Å². The molecule has 0 fully saturated rings. The number of aromatic nitrogens is 3. The summed E-state index contributed by atoms with van der Waals surface area (Å²) in [6.07, 6.45) is 0. The molecule has 1 aromatic heterocycles. The normalized spacial score (nSPS) is 10.6. The summed E-state index contributed by atoms with van der Waals surface area (Å²) in [7, 11) is 0. The molecule has 0 aliphatic rings. The second kappa shape index (κ2) is 4.85. The van der Waals surface area contributed by atoms with Gasteiger partial charge < -0.3 is 0 Å². The Labute approximate surface area is 117 Å². The first kappa shape index (κ1) is 11.9. The minimum Gasteiger partial charge on any atom is -0.288 e. The molecule has 0 unspecified atom stereocenters. The quantitative estimate of drug-likeness (QED) is 0.790. The fourth-order valence-electron chi connectivity index (χ4n) is 1.81. The first-order chi connectivity index (χ1) is 9.24. The summed E-state index contributed by atoms with van der Waals surface area (Å²) in [6, 6.07) is 17.0. The van der Waals surface area contributed by atoms with Crippen molar-refractivity contribution < 1.29 is 0 Å². The van der Waals surface area contributed by atoms with Crippen LogP contribution in [-0.4, -0.2) is 14.8 Å². The van der Waals surface area contributed by atoms with Crippen LogP contribution in [0.4, 0.5) is 0 Å². The van der Waals surface area contributed by atoms with E-state index in [9.17, 15) is 4.79 Å². The molecule has 19 heavy (non-hydrogen) atoms. The summed E-state index contributed by atoms with van der Waals surface area (Å²) in [5, 5.41) is 4.31. The topological polar surface area (TPSA) is 50.7 Å². The van der Waals surface area contributed by atoms with E-state index in [0.717, 1.165) is 15.7 Å². The number of rotatable bonds is 2. The van der Waals surface area contributed by atoms with Gasteiger partial charge in [0.15, 0.2) is 5.82 Å². The molecule has 0 saturated carbocycles. The van der Waals surface area contributed by atoms with E-state index in [1.54, 1.807) is 0 Å². The van der Waals surface area contributed by atoms with E-state index in [4.69, 9.17) is 0 Å². The SMILES string of the molecule is O=c1[nH]c(-c2ccccc2)nn1-c1ccc(Br)cc1. The maximum absolute atomic E-state index is 11.9. The second-order valence-corrected chi connectivity index (χ2v) is 4.95. The van der Waals surface area contributed by atoms with Gasteiger partial charge in [0.05, 0.1) is 5.69 Å². The standard InChI is InChI=1S/C14H10BrN3O/c15-11-6-8-12(9-7-11)18-14(19)16-13(17-18)10-4-2-1-3-5-10/h1-9H,(H,16,17,19). The van der Waals surface area contributed by atoms with Crippen LogP contribution in [-0.2, 0) is 0 Å². The van der Waals surface area contributed by atoms with E-state index in [1.165, 1.54) is 4.68 Å². The first-order valence-corrected chi connectivity index (χ1v) is 6.54. The molecule has 0 radical (unpaired) electrons. The van der Waals surface area contributed by atoms with Crippen LogP contribution in [0.2, 0.25) is 0 Å². The van der Waals surface area contributed by atoms with Crippen LogP contribution in [0, 0.1) is 0 Å². The van der Waals surface area contributed by atoms with Crippen LogP contribution in [0.15, 0.2) is 63.9 Å². The Morgan fingerprint density at radius 2 is 1.68 bits per heavy atom. The average Bonchev–Trinajstić information content (AvgIpc) is 2.83. The number of nitrogens with one attached hydrogen (secondary N) is 1. The summed E-state index contributed by atoms with van der Waals surface area (Å²) < 4.78 is 2.32. The van der Waals surface area contributed by atoms with Gasteiger partial charge in [-0.3, -0.25) is 4.98 Å². The number of H-pyrrole nitrogens is 1. The third kappa shape index (κ3) is 2.37. The van der Waals surface area contributed by atoms with Gasteiger partial charge in [-0.05, 0) is 24.3 Å². The minimum absolute atomic E-state index is 0.249. The van der Waals surface area contributed by atoms with Crippen molar-refractivity contribution >= 4 is 15.9 Å². The predicted molar refractivity (Wildman–Crippen MR) is 77.3 cm³/mol. The van der Waals surface area contributed by atoms with Gasteiger partial charge in [0.1, 0.15) is 0 Å². The van der Waals surface area contributed by atoms with Gasteiger partial charge in [-0.1, -0.05) is 46.3 Å². The Hall–Kier alpha value is -2.14. The van der Waals surface area contributed by atoms with Crippen LogP contribution >= 0.6 is 15.9 Å². The van der Waals surface area contributed by atoms with Gasteiger partial charge in [0.2, 0.25) is 0 Å². The molecule has 0 atom stereocenters. The molecule has 0 bridgehead atoms. The molecular weight excluding hydrogens is 306 g/mol. The van der Waals surface area contributed by atoms with E-state index in [0.29, 0.717) is 5.82 Å². The molecule has 94 valence electrons. The van der Waals surface area contributed by atoms with Crippen LogP contribution in [0.3, 0.4) is 0 Å². The van der Waals surface area contributed by atoms with Crippen molar-refractivity contribution in [2.75, 3.05) is 0 Å². The lowest BCUT2D eigenvalue weighted by molar-refractivity contribution is 0.844. The number of benzene rings is 2. The van der Waals surface area contributed by atoms with E-state index < -0.39 is 0 Å². The highest BCUT2D eigenvalue weighted by molar-refractivity contribution is 9.10. The zero-order valence-corrected chi connectivity index (χ0v) is 11.5. The molecule has 2 aromatic carbocycles. The number of halogens is 1. The van der Waals surface area contributed by atoms with Gasteiger partial charge >= 0.3 is 5.69 Å². The van der Waals surface area contributed by atoms with Crippen molar-refractivity contribution in [3.05, 3.63) is 69.6 Å². The van der Waals surface area contributed by atoms with E-state index in [-0.39, 0.29) is 5.69 Å². The molecule has 1 heterocycles. The van der Waals surface area contributed by atoms with Crippen LogP contribution in [0.5, 0.6) is 0 Å². The summed E-state index contributed by atoms with van der Waals surface area (Å²) in [4.78, 5) is 14.7. The largest absolute Gasteiger partial charge is 0.348 e. The van der Waals surface area contributed by atoms with E-state index in [2.05, 4.69) is 26.0 Å². The van der Waals surface area contributed by atoms with Crippen molar-refractivity contribution in [3.8, 4) is 17.1 Å². The number of hydrogen-bond donors (Lipinski definition) is 1. The van der Waals surface area contributed by atoms with Crippen molar-refractivity contribution in [2.45, 2.75) is 0 Å². The Bertz CT molecular complexity index is 744. The molecule has 5 heteroatoms. The zero-order valence-electron chi connectivity index (χ0n) is 9.88. The molecule has 0 amide bonds. The van der Waals surface area contributed by atoms with Crippen molar-refractivity contribution in [1.29, 1.82) is 0 Å². The third-order valence-electron chi connectivity index (χ3n) is 2.74. The molecule has 4 nitrogen and oxygen atoms in total. The highest BCUT2D eigenvalue weighted by Crippen LogP contribution is 2.15. The highest BCUT2D eigenvalue weighted by atomic mass is 79.9. The molecular formula is C14H10BrN3O. The first-order valence-electron chi connectivity index (χ1n) is 5.75. The lowest BCUT2D eigenvalue weighted by Gasteiger charge is -1.99. The number of hydrogen-bond acceptors (Lipinski definition) is 2. The molecule has 3 rings (SSSR count). The van der Waals surface area contributed by atoms with Gasteiger partial charge in [-0.2, -0.15) is 4.68 Å². The molecule has 0 aliphatic carbocycles. The number of nitrogens with zero attached hydrogens (tertiary/aromatic N) is 2. The van der Waals surface area contributed by atoms with Crippen LogP contribution in [0.25, 0.3) is 17.1 Å². The Balaban J connectivity index is 2.08. The van der Waals surface area contributed by atoms with Crippen molar-refractivity contribution in [1.82, 2.24) is 14.8 Å². The molecule has 3 aromatic rings. The fraction of sp³-hybridized carbons (Fsp3) is 0. The predicted octanol–water partition coefficient (Wildman–Crippen LogP) is 2.99. The maximum Gasteiger partial charge on any atom is 0.348 e. The van der Waals surface area contributed by atoms with E-state index >= 15 is 0 Å². The van der Waals surface area contributed by atoms with Gasteiger partial charge in [0, 0.05) is 10.0 Å². The second-order valence-electron chi connectivity index (χ2n) is 4.03. The van der Waals surface area contributed by atoms with Crippen molar-refractivity contribution in [2.24, 2.45) is 0 Å². The average molecular weight is 316 g/mol. The van der Waals surface area contributed by atoms with Crippen molar-refractivity contribution in [3.63, 3.8) is 0 Å². The Kier molecular flexibility index (Phi) is 3.05. The minimum atomic E-state index is -0.249. The van der Waals surface area contributed by atoms with Gasteiger partial charge in [-0.25, -0.2) is 4.79 Å². The third-order valence-corrected chi connectivity index (χ3v) is 3.26. The zero-order chi connectivity index (χ0) is 13.2.